The number of nitrogens with one attached hydrogen (secondary N) is 1. The number of nitrogens with zero attached hydrogens (tertiary/aromatic N) is 1. The van der Waals surface area contributed by atoms with Crippen molar-refractivity contribution in [3.63, 3.8) is 0 Å². The van der Waals surface area contributed by atoms with Crippen LogP contribution in [0.2, 0.25) is 0 Å². The van der Waals surface area contributed by atoms with Crippen molar-refractivity contribution >= 4 is 6.03 Å². The predicted octanol–water partition coefficient (Wildman–Crippen LogP) is 3.15. The Morgan fingerprint density at radius 2 is 2.00 bits per heavy atom. The van der Waals surface area contributed by atoms with Crippen LogP contribution in [-0.4, -0.2) is 41.8 Å². The van der Waals surface area contributed by atoms with Crippen molar-refractivity contribution < 1.29 is 23.1 Å². The van der Waals surface area contributed by atoms with E-state index in [4.69, 9.17) is 0 Å². The third kappa shape index (κ3) is 4.20. The van der Waals surface area contributed by atoms with E-state index in [2.05, 4.69) is 5.32 Å². The fourth-order valence-electron chi connectivity index (χ4n) is 2.91. The zero-order chi connectivity index (χ0) is 18.0. The first-order valence-electron chi connectivity index (χ1n) is 7.98. The van der Waals surface area contributed by atoms with Gasteiger partial charge in [-0.2, -0.15) is 13.2 Å². The molecule has 1 aliphatic rings. The highest BCUT2D eigenvalue weighted by Crippen LogP contribution is 2.32. The Morgan fingerprint density at radius 1 is 1.33 bits per heavy atom. The SMILES string of the molecule is CC(C)(CNC(=O)N1CCCC1CO)c1cccc(C(F)(F)F)c1. The first kappa shape index (κ1) is 18.6. The van der Waals surface area contributed by atoms with Crippen molar-refractivity contribution in [1.29, 1.82) is 0 Å². The van der Waals surface area contributed by atoms with Crippen LogP contribution >= 0.6 is 0 Å². The number of halogens is 3. The second-order valence-electron chi connectivity index (χ2n) is 6.79. The van der Waals surface area contributed by atoms with E-state index in [1.54, 1.807) is 24.8 Å². The molecule has 0 aromatic heterocycles. The zero-order valence-electron chi connectivity index (χ0n) is 13.9. The van der Waals surface area contributed by atoms with Crippen molar-refractivity contribution in [2.45, 2.75) is 44.3 Å². The van der Waals surface area contributed by atoms with Gasteiger partial charge in [-0.15, -0.1) is 0 Å². The van der Waals surface area contributed by atoms with Crippen molar-refractivity contribution in [2.75, 3.05) is 19.7 Å². The van der Waals surface area contributed by atoms with E-state index in [1.807, 2.05) is 0 Å². The Hall–Kier alpha value is -1.76. The van der Waals surface area contributed by atoms with Crippen LogP contribution in [0.1, 0.15) is 37.8 Å². The first-order chi connectivity index (χ1) is 11.1. The largest absolute Gasteiger partial charge is 0.416 e. The fourth-order valence-corrected chi connectivity index (χ4v) is 2.91. The molecule has 1 unspecified atom stereocenters. The van der Waals surface area contributed by atoms with Gasteiger partial charge >= 0.3 is 12.2 Å². The third-order valence-electron chi connectivity index (χ3n) is 4.50. The average molecular weight is 344 g/mol. The summed E-state index contributed by atoms with van der Waals surface area (Å²) in [6.07, 6.45) is -2.78. The van der Waals surface area contributed by atoms with Gasteiger partial charge in [-0.3, -0.25) is 0 Å². The number of carbonyl (C=O) groups excluding carboxylic acids is 1. The number of alkyl halides is 3. The predicted molar refractivity (Wildman–Crippen MR) is 84.7 cm³/mol. The van der Waals surface area contributed by atoms with Crippen LogP contribution in [0.4, 0.5) is 18.0 Å². The maximum Gasteiger partial charge on any atom is 0.416 e. The van der Waals surface area contributed by atoms with Crippen LogP contribution in [0.5, 0.6) is 0 Å². The average Bonchev–Trinajstić information content (AvgIpc) is 3.00. The molecule has 2 amide bonds. The minimum atomic E-state index is -4.39. The number of hydrogen-bond donors (Lipinski definition) is 2. The number of benzene rings is 1. The highest BCUT2D eigenvalue weighted by molar-refractivity contribution is 5.75. The molecule has 1 fully saturated rings. The van der Waals surface area contributed by atoms with Gasteiger partial charge in [0.05, 0.1) is 18.2 Å². The Morgan fingerprint density at radius 3 is 2.62 bits per heavy atom. The molecule has 1 aromatic carbocycles. The van der Waals surface area contributed by atoms with Crippen LogP contribution in [0.15, 0.2) is 24.3 Å². The van der Waals surface area contributed by atoms with Crippen molar-refractivity contribution in [1.82, 2.24) is 10.2 Å². The highest BCUT2D eigenvalue weighted by Gasteiger charge is 2.33. The minimum absolute atomic E-state index is 0.0789. The molecule has 1 atom stereocenters. The van der Waals surface area contributed by atoms with Crippen molar-refractivity contribution in [2.24, 2.45) is 0 Å². The van der Waals surface area contributed by atoms with E-state index >= 15 is 0 Å². The monoisotopic (exact) mass is 344 g/mol. The summed E-state index contributed by atoms with van der Waals surface area (Å²) < 4.78 is 38.6. The van der Waals surface area contributed by atoms with Crippen LogP contribution in [0.3, 0.4) is 0 Å². The van der Waals surface area contributed by atoms with Crippen LogP contribution in [-0.2, 0) is 11.6 Å². The summed E-state index contributed by atoms with van der Waals surface area (Å²) in [7, 11) is 0. The molecular formula is C17H23F3N2O2. The molecule has 7 heteroatoms. The Balaban J connectivity index is 2.04. The number of aliphatic hydroxyl groups excluding tert-OH is 1. The van der Waals surface area contributed by atoms with Gasteiger partial charge in [0.1, 0.15) is 0 Å². The van der Waals surface area contributed by atoms with Gasteiger partial charge in [0.15, 0.2) is 0 Å². The fraction of sp³-hybridized carbons (Fsp3) is 0.588. The zero-order valence-corrected chi connectivity index (χ0v) is 13.9. The number of likely N-dealkylation sites (tertiary alicyclic amines) is 1. The Labute approximate surface area is 139 Å². The van der Waals surface area contributed by atoms with E-state index in [9.17, 15) is 23.1 Å². The van der Waals surface area contributed by atoms with Gasteiger partial charge in [0.2, 0.25) is 0 Å². The number of aliphatic hydroxyl groups is 1. The molecular weight excluding hydrogens is 321 g/mol. The summed E-state index contributed by atoms with van der Waals surface area (Å²) in [4.78, 5) is 13.8. The van der Waals surface area contributed by atoms with Gasteiger partial charge in [-0.25, -0.2) is 4.79 Å². The molecule has 134 valence electrons. The van der Waals surface area contributed by atoms with E-state index < -0.39 is 17.2 Å². The molecule has 24 heavy (non-hydrogen) atoms. The van der Waals surface area contributed by atoms with Crippen LogP contribution < -0.4 is 5.32 Å². The Bertz CT molecular complexity index is 587. The van der Waals surface area contributed by atoms with Gasteiger partial charge in [-0.1, -0.05) is 32.0 Å². The van der Waals surface area contributed by atoms with Gasteiger partial charge in [-0.05, 0) is 24.5 Å². The number of carbonyl (C=O) groups is 1. The lowest BCUT2D eigenvalue weighted by Gasteiger charge is -2.29. The minimum Gasteiger partial charge on any atom is -0.394 e. The lowest BCUT2D eigenvalue weighted by molar-refractivity contribution is -0.137. The lowest BCUT2D eigenvalue weighted by atomic mass is 9.84. The van der Waals surface area contributed by atoms with E-state index in [0.717, 1.165) is 25.0 Å². The molecule has 4 nitrogen and oxygen atoms in total. The number of hydrogen-bond acceptors (Lipinski definition) is 2. The van der Waals surface area contributed by atoms with E-state index in [1.165, 1.54) is 6.07 Å². The maximum absolute atomic E-state index is 12.9. The molecule has 1 aromatic rings. The van der Waals surface area contributed by atoms with Crippen molar-refractivity contribution in [3.8, 4) is 0 Å². The molecule has 0 radical (unpaired) electrons. The molecule has 0 saturated carbocycles. The second-order valence-corrected chi connectivity index (χ2v) is 6.79. The summed E-state index contributed by atoms with van der Waals surface area (Å²) in [5, 5.41) is 12.1. The molecule has 0 aliphatic carbocycles. The third-order valence-corrected chi connectivity index (χ3v) is 4.50. The van der Waals surface area contributed by atoms with Crippen LogP contribution in [0.25, 0.3) is 0 Å². The molecule has 2 rings (SSSR count). The summed E-state index contributed by atoms with van der Waals surface area (Å²) in [6.45, 7) is 4.29. The molecule has 1 heterocycles. The Kier molecular flexibility index (Phi) is 5.42. The van der Waals surface area contributed by atoms with Gasteiger partial charge in [0, 0.05) is 18.5 Å². The molecule has 0 spiro atoms. The topological polar surface area (TPSA) is 52.6 Å². The smallest absolute Gasteiger partial charge is 0.394 e. The van der Waals surface area contributed by atoms with Gasteiger partial charge in [0.25, 0.3) is 0 Å². The number of amides is 2. The quantitative estimate of drug-likeness (QED) is 0.882. The number of rotatable bonds is 4. The summed E-state index contributed by atoms with van der Waals surface area (Å²) in [5.74, 6) is 0. The summed E-state index contributed by atoms with van der Waals surface area (Å²) in [5.41, 5.74) is -0.831. The standard InChI is InChI=1S/C17H23F3N2O2/c1-16(2,12-5-3-6-13(9-12)17(18,19)20)11-21-15(24)22-8-4-7-14(22)10-23/h3,5-6,9,14,23H,4,7-8,10-11H2,1-2H3,(H,21,24). The van der Waals surface area contributed by atoms with E-state index in [0.29, 0.717) is 12.1 Å². The lowest BCUT2D eigenvalue weighted by Crippen LogP contribution is -2.47. The van der Waals surface area contributed by atoms with Gasteiger partial charge < -0.3 is 15.3 Å². The summed E-state index contributed by atoms with van der Waals surface area (Å²) in [6, 6.07) is 4.71. The highest BCUT2D eigenvalue weighted by atomic mass is 19.4. The van der Waals surface area contributed by atoms with Crippen molar-refractivity contribution in [3.05, 3.63) is 35.4 Å². The molecule has 2 N–H and O–H groups in total. The van der Waals surface area contributed by atoms with Crippen LogP contribution in [0, 0.1) is 0 Å². The molecule has 1 saturated heterocycles. The van der Waals surface area contributed by atoms with E-state index in [-0.39, 0.29) is 25.2 Å². The second kappa shape index (κ2) is 7.01. The molecule has 0 bridgehead atoms. The summed E-state index contributed by atoms with van der Waals surface area (Å²) >= 11 is 0. The first-order valence-corrected chi connectivity index (χ1v) is 7.98. The normalized spacial score (nSPS) is 18.8. The maximum atomic E-state index is 12.9. The molecule has 1 aliphatic heterocycles. The number of urea groups is 1.